The van der Waals surface area contributed by atoms with E-state index >= 15 is 0 Å². The highest BCUT2D eigenvalue weighted by Crippen LogP contribution is 2.09. The van der Waals surface area contributed by atoms with E-state index in [9.17, 15) is 0 Å². The Morgan fingerprint density at radius 3 is 2.93 bits per heavy atom. The molecule has 0 radical (unpaired) electrons. The first kappa shape index (κ1) is 9.37. The Kier molecular flexibility index (Phi) is 3.27. The maximum Gasteiger partial charge on any atom is 0.161 e. The van der Waals surface area contributed by atoms with Crippen LogP contribution in [-0.2, 0) is 9.47 Å². The highest BCUT2D eigenvalue weighted by molar-refractivity contribution is 5.43. The molecule has 0 aromatic carbocycles. The Bertz CT molecular complexity index is 291. The van der Waals surface area contributed by atoms with Crippen LogP contribution in [0, 0.1) is 0 Å². The monoisotopic (exact) mass is 191 g/mol. The Morgan fingerprint density at radius 1 is 1.36 bits per heavy atom. The molecule has 74 valence electrons. The Morgan fingerprint density at radius 2 is 2.21 bits per heavy atom. The van der Waals surface area contributed by atoms with Gasteiger partial charge in [-0.3, -0.25) is 4.98 Å². The van der Waals surface area contributed by atoms with Crippen molar-refractivity contribution in [3.63, 3.8) is 0 Å². The molecule has 0 amide bonds. The average molecular weight is 191 g/mol. The van der Waals surface area contributed by atoms with Crippen molar-refractivity contribution < 1.29 is 9.47 Å². The van der Waals surface area contributed by atoms with Crippen molar-refractivity contribution in [3.8, 4) is 0 Å². The van der Waals surface area contributed by atoms with Gasteiger partial charge in [0.05, 0.1) is 18.9 Å². The first-order chi connectivity index (χ1) is 6.95. The van der Waals surface area contributed by atoms with E-state index < -0.39 is 0 Å². The number of hydrogen-bond donors (Lipinski definition) is 0. The average Bonchev–Trinajstić information content (AvgIpc) is 2.72. The number of pyridine rings is 1. The molecule has 3 heteroatoms. The van der Waals surface area contributed by atoms with Crippen LogP contribution in [0.15, 0.2) is 30.5 Å². The molecule has 0 N–H and O–H groups in total. The van der Waals surface area contributed by atoms with E-state index in [2.05, 4.69) is 4.98 Å². The van der Waals surface area contributed by atoms with E-state index in [1.54, 1.807) is 6.20 Å². The lowest BCUT2D eigenvalue weighted by Crippen LogP contribution is -2.04. The predicted octanol–water partition coefficient (Wildman–Crippen LogP) is 1.86. The lowest BCUT2D eigenvalue weighted by Gasteiger charge is -2.03. The van der Waals surface area contributed by atoms with Gasteiger partial charge in [-0.05, 0) is 18.2 Å². The van der Waals surface area contributed by atoms with Crippen LogP contribution in [0.25, 0.3) is 6.08 Å². The third kappa shape index (κ3) is 2.65. The van der Waals surface area contributed by atoms with Crippen LogP contribution in [0.4, 0.5) is 0 Å². The second kappa shape index (κ2) is 4.88. The van der Waals surface area contributed by atoms with Crippen molar-refractivity contribution >= 4 is 6.08 Å². The quantitative estimate of drug-likeness (QED) is 0.730. The lowest BCUT2D eigenvalue weighted by molar-refractivity contribution is -0.0379. The summed E-state index contributed by atoms with van der Waals surface area (Å²) in [4.78, 5) is 4.17. The zero-order valence-corrected chi connectivity index (χ0v) is 7.93. The number of hydrogen-bond acceptors (Lipinski definition) is 3. The number of ether oxygens (including phenoxy) is 2. The minimum absolute atomic E-state index is 0.0602. The summed E-state index contributed by atoms with van der Waals surface area (Å²) in [6, 6.07) is 5.84. The van der Waals surface area contributed by atoms with E-state index in [-0.39, 0.29) is 6.29 Å². The fourth-order valence-electron chi connectivity index (χ4n) is 1.32. The predicted molar refractivity (Wildman–Crippen MR) is 53.6 cm³/mol. The maximum atomic E-state index is 5.30. The van der Waals surface area contributed by atoms with E-state index in [0.29, 0.717) is 13.2 Å². The van der Waals surface area contributed by atoms with Gasteiger partial charge in [0.15, 0.2) is 6.29 Å². The summed E-state index contributed by atoms with van der Waals surface area (Å²) in [5, 5.41) is 0. The standard InChI is InChI=1S/C11H13NO2/c1-2-7-12-10(4-1)5-3-6-11-13-8-9-14-11/h1-5,7,11H,6,8-9H2/b5-3+. The third-order valence-electron chi connectivity index (χ3n) is 2.00. The molecule has 1 fully saturated rings. The smallest absolute Gasteiger partial charge is 0.161 e. The molecule has 0 spiro atoms. The Labute approximate surface area is 83.4 Å². The molecule has 2 heterocycles. The van der Waals surface area contributed by atoms with Gasteiger partial charge >= 0.3 is 0 Å². The van der Waals surface area contributed by atoms with Gasteiger partial charge in [0, 0.05) is 12.6 Å². The van der Waals surface area contributed by atoms with Gasteiger partial charge < -0.3 is 9.47 Å². The first-order valence-electron chi connectivity index (χ1n) is 4.76. The van der Waals surface area contributed by atoms with E-state index in [1.165, 1.54) is 0 Å². The summed E-state index contributed by atoms with van der Waals surface area (Å²) in [5.74, 6) is 0. The normalized spacial score (nSPS) is 18.0. The molecule has 14 heavy (non-hydrogen) atoms. The zero-order chi connectivity index (χ0) is 9.64. The fourth-order valence-corrected chi connectivity index (χ4v) is 1.32. The number of nitrogens with zero attached hydrogens (tertiary/aromatic N) is 1. The fraction of sp³-hybridized carbons (Fsp3) is 0.364. The van der Waals surface area contributed by atoms with Crippen molar-refractivity contribution in [2.24, 2.45) is 0 Å². The molecule has 1 aliphatic heterocycles. The molecule has 1 aromatic rings. The van der Waals surface area contributed by atoms with Crippen LogP contribution < -0.4 is 0 Å². The third-order valence-corrected chi connectivity index (χ3v) is 2.00. The molecule has 1 aliphatic rings. The van der Waals surface area contributed by atoms with Crippen LogP contribution in [0.1, 0.15) is 12.1 Å². The summed E-state index contributed by atoms with van der Waals surface area (Å²) in [6.45, 7) is 1.42. The van der Waals surface area contributed by atoms with Crippen LogP contribution in [0.3, 0.4) is 0 Å². The van der Waals surface area contributed by atoms with E-state index in [4.69, 9.17) is 9.47 Å². The van der Waals surface area contributed by atoms with Gasteiger partial charge in [-0.1, -0.05) is 12.1 Å². The van der Waals surface area contributed by atoms with Gasteiger partial charge in [-0.25, -0.2) is 0 Å². The second-order valence-corrected chi connectivity index (χ2v) is 3.06. The molecule has 3 nitrogen and oxygen atoms in total. The highest BCUT2D eigenvalue weighted by Gasteiger charge is 2.13. The molecule has 1 aromatic heterocycles. The van der Waals surface area contributed by atoms with Gasteiger partial charge in [0.1, 0.15) is 0 Å². The minimum atomic E-state index is -0.0602. The minimum Gasteiger partial charge on any atom is -0.350 e. The highest BCUT2D eigenvalue weighted by atomic mass is 16.7. The maximum absolute atomic E-state index is 5.30. The van der Waals surface area contributed by atoms with Crippen molar-refractivity contribution in [3.05, 3.63) is 36.2 Å². The molecule has 1 saturated heterocycles. The van der Waals surface area contributed by atoms with Gasteiger partial charge in [-0.2, -0.15) is 0 Å². The van der Waals surface area contributed by atoms with E-state index in [0.717, 1.165) is 12.1 Å². The van der Waals surface area contributed by atoms with Crippen molar-refractivity contribution in [1.29, 1.82) is 0 Å². The second-order valence-electron chi connectivity index (χ2n) is 3.06. The Hall–Kier alpha value is -1.19. The largest absolute Gasteiger partial charge is 0.350 e. The van der Waals surface area contributed by atoms with Crippen LogP contribution in [0.5, 0.6) is 0 Å². The molecule has 0 atom stereocenters. The zero-order valence-electron chi connectivity index (χ0n) is 7.93. The van der Waals surface area contributed by atoms with Crippen LogP contribution in [0.2, 0.25) is 0 Å². The molecule has 0 saturated carbocycles. The van der Waals surface area contributed by atoms with E-state index in [1.807, 2.05) is 30.4 Å². The molecular formula is C11H13NO2. The number of aromatic nitrogens is 1. The summed E-state index contributed by atoms with van der Waals surface area (Å²) < 4.78 is 10.6. The molecule has 0 bridgehead atoms. The summed E-state index contributed by atoms with van der Waals surface area (Å²) in [7, 11) is 0. The topological polar surface area (TPSA) is 31.4 Å². The molecule has 0 unspecified atom stereocenters. The van der Waals surface area contributed by atoms with Crippen LogP contribution in [-0.4, -0.2) is 24.5 Å². The van der Waals surface area contributed by atoms with Crippen molar-refractivity contribution in [2.75, 3.05) is 13.2 Å². The van der Waals surface area contributed by atoms with Gasteiger partial charge in [0.2, 0.25) is 0 Å². The number of rotatable bonds is 3. The SMILES string of the molecule is C(=C\c1ccccn1)/CC1OCCO1. The first-order valence-corrected chi connectivity index (χ1v) is 4.76. The van der Waals surface area contributed by atoms with Crippen LogP contribution >= 0.6 is 0 Å². The Balaban J connectivity index is 1.82. The molecule has 0 aliphatic carbocycles. The summed E-state index contributed by atoms with van der Waals surface area (Å²) >= 11 is 0. The van der Waals surface area contributed by atoms with Crippen molar-refractivity contribution in [1.82, 2.24) is 4.98 Å². The lowest BCUT2D eigenvalue weighted by atomic mass is 10.3. The molecule has 2 rings (SSSR count). The summed E-state index contributed by atoms with van der Waals surface area (Å²) in [6.07, 6.45) is 6.51. The van der Waals surface area contributed by atoms with Gasteiger partial charge in [0.25, 0.3) is 0 Å². The van der Waals surface area contributed by atoms with Gasteiger partial charge in [-0.15, -0.1) is 0 Å². The summed E-state index contributed by atoms with van der Waals surface area (Å²) in [5.41, 5.74) is 0.963. The van der Waals surface area contributed by atoms with Crippen molar-refractivity contribution in [2.45, 2.75) is 12.7 Å². The molecular weight excluding hydrogens is 178 g/mol.